The third kappa shape index (κ3) is 3.24. The van der Waals surface area contributed by atoms with Crippen molar-refractivity contribution in [2.75, 3.05) is 18.0 Å². The van der Waals surface area contributed by atoms with Gasteiger partial charge in [-0.3, -0.25) is 0 Å². The van der Waals surface area contributed by atoms with Gasteiger partial charge in [-0.15, -0.1) is 0 Å². The van der Waals surface area contributed by atoms with E-state index in [1.54, 1.807) is 0 Å². The van der Waals surface area contributed by atoms with Gasteiger partial charge in [-0.05, 0) is 42.4 Å². The number of hydrogen-bond acceptors (Lipinski definition) is 2. The molecule has 0 amide bonds. The molecule has 1 saturated heterocycles. The first-order chi connectivity index (χ1) is 9.03. The Hall–Kier alpha value is -0.730. The lowest BCUT2D eigenvalue weighted by Crippen LogP contribution is -2.23. The zero-order valence-corrected chi connectivity index (χ0v) is 12.6. The molecule has 3 rings (SSSR count). The third-order valence-corrected chi connectivity index (χ3v) is 4.51. The van der Waals surface area contributed by atoms with Crippen LogP contribution in [0.25, 0.3) is 0 Å². The maximum absolute atomic E-state index is 6.46. The second-order valence-electron chi connectivity index (χ2n) is 6.78. The largest absolute Gasteiger partial charge is 0.370 e. The Morgan fingerprint density at radius 1 is 1.37 bits per heavy atom. The van der Waals surface area contributed by atoms with Gasteiger partial charge in [-0.25, -0.2) is 0 Å². The molecule has 3 heteroatoms. The molecule has 0 bridgehead atoms. The van der Waals surface area contributed by atoms with Crippen molar-refractivity contribution in [1.29, 1.82) is 0 Å². The molecular weight excluding hydrogens is 256 g/mol. The highest BCUT2D eigenvalue weighted by Crippen LogP contribution is 2.36. The molecule has 0 radical (unpaired) electrons. The summed E-state index contributed by atoms with van der Waals surface area (Å²) in [5, 5.41) is 4.43. The van der Waals surface area contributed by atoms with Crippen LogP contribution in [0.3, 0.4) is 0 Å². The summed E-state index contributed by atoms with van der Waals surface area (Å²) in [7, 11) is 0. The van der Waals surface area contributed by atoms with Crippen LogP contribution >= 0.6 is 11.6 Å². The van der Waals surface area contributed by atoms with Gasteiger partial charge in [0, 0.05) is 25.7 Å². The maximum atomic E-state index is 6.46. The molecule has 0 atom stereocenters. The van der Waals surface area contributed by atoms with E-state index in [2.05, 4.69) is 42.3 Å². The lowest BCUT2D eigenvalue weighted by molar-refractivity contribution is 0.418. The Bertz CT molecular complexity index is 466. The van der Waals surface area contributed by atoms with Gasteiger partial charge in [0.1, 0.15) is 0 Å². The first-order valence-corrected chi connectivity index (χ1v) is 7.68. The monoisotopic (exact) mass is 278 g/mol. The third-order valence-electron chi connectivity index (χ3n) is 4.20. The summed E-state index contributed by atoms with van der Waals surface area (Å²) in [4.78, 5) is 2.42. The Morgan fingerprint density at radius 3 is 2.74 bits per heavy atom. The van der Waals surface area contributed by atoms with Crippen LogP contribution in [-0.2, 0) is 6.54 Å². The van der Waals surface area contributed by atoms with E-state index in [1.165, 1.54) is 30.5 Å². The summed E-state index contributed by atoms with van der Waals surface area (Å²) in [6, 6.07) is 7.27. The number of halogens is 1. The molecular formula is C16H23ClN2. The van der Waals surface area contributed by atoms with Crippen molar-refractivity contribution in [2.24, 2.45) is 5.41 Å². The minimum Gasteiger partial charge on any atom is -0.370 e. The van der Waals surface area contributed by atoms with Gasteiger partial charge in [0.05, 0.1) is 10.7 Å². The zero-order chi connectivity index (χ0) is 13.5. The second-order valence-corrected chi connectivity index (χ2v) is 7.18. The van der Waals surface area contributed by atoms with Gasteiger partial charge in [0.15, 0.2) is 0 Å². The molecule has 0 unspecified atom stereocenters. The van der Waals surface area contributed by atoms with Crippen LogP contribution in [0.15, 0.2) is 18.2 Å². The minimum atomic E-state index is 0.412. The van der Waals surface area contributed by atoms with Gasteiger partial charge < -0.3 is 10.2 Å². The molecule has 1 aliphatic carbocycles. The van der Waals surface area contributed by atoms with E-state index < -0.39 is 0 Å². The molecule has 1 aliphatic heterocycles. The fourth-order valence-corrected chi connectivity index (χ4v) is 3.11. The van der Waals surface area contributed by atoms with Crippen molar-refractivity contribution >= 4 is 17.3 Å². The highest BCUT2D eigenvalue weighted by atomic mass is 35.5. The maximum Gasteiger partial charge on any atom is 0.0642 e. The average molecular weight is 279 g/mol. The van der Waals surface area contributed by atoms with Crippen LogP contribution in [0.1, 0.15) is 38.7 Å². The second kappa shape index (κ2) is 4.99. The Balaban J connectivity index is 1.68. The summed E-state index contributed by atoms with van der Waals surface area (Å²) < 4.78 is 0. The van der Waals surface area contributed by atoms with E-state index in [0.717, 1.165) is 30.7 Å². The van der Waals surface area contributed by atoms with Crippen molar-refractivity contribution in [2.45, 2.75) is 45.7 Å². The number of nitrogens with zero attached hydrogens (tertiary/aromatic N) is 1. The van der Waals surface area contributed by atoms with Crippen LogP contribution in [0, 0.1) is 5.41 Å². The van der Waals surface area contributed by atoms with Gasteiger partial charge in [-0.2, -0.15) is 0 Å². The van der Waals surface area contributed by atoms with E-state index in [0.29, 0.717) is 5.41 Å². The molecule has 1 aromatic carbocycles. The molecule has 2 aliphatic rings. The molecule has 19 heavy (non-hydrogen) atoms. The first-order valence-electron chi connectivity index (χ1n) is 7.30. The quantitative estimate of drug-likeness (QED) is 0.900. The van der Waals surface area contributed by atoms with E-state index in [1.807, 2.05) is 0 Å². The highest BCUT2D eigenvalue weighted by Gasteiger charge is 2.30. The molecule has 104 valence electrons. The average Bonchev–Trinajstić information content (AvgIpc) is 3.11. The van der Waals surface area contributed by atoms with Crippen molar-refractivity contribution < 1.29 is 0 Å². The number of hydrogen-bond donors (Lipinski definition) is 1. The smallest absolute Gasteiger partial charge is 0.0642 e. The standard InChI is InChI=1S/C16H23ClN2/c1-16(2)7-8-19(11-16)15-6-3-12(9-14(15)17)10-18-13-4-5-13/h3,6,9,13,18H,4-5,7-8,10-11H2,1-2H3. The summed E-state index contributed by atoms with van der Waals surface area (Å²) in [5.74, 6) is 0. The van der Waals surface area contributed by atoms with E-state index in [9.17, 15) is 0 Å². The van der Waals surface area contributed by atoms with Crippen LogP contribution in [-0.4, -0.2) is 19.1 Å². The van der Waals surface area contributed by atoms with Crippen molar-refractivity contribution in [3.8, 4) is 0 Å². The zero-order valence-electron chi connectivity index (χ0n) is 11.9. The fraction of sp³-hybridized carbons (Fsp3) is 0.625. The molecule has 2 nitrogen and oxygen atoms in total. The molecule has 1 aromatic rings. The molecule has 1 N–H and O–H groups in total. The summed E-state index contributed by atoms with van der Waals surface area (Å²) in [6.07, 6.45) is 3.90. The van der Waals surface area contributed by atoms with E-state index >= 15 is 0 Å². The predicted octanol–water partition coefficient (Wildman–Crippen LogP) is 3.83. The molecule has 1 heterocycles. The number of nitrogens with one attached hydrogen (secondary N) is 1. The van der Waals surface area contributed by atoms with Crippen LogP contribution in [0.4, 0.5) is 5.69 Å². The van der Waals surface area contributed by atoms with Crippen LogP contribution in [0.2, 0.25) is 5.02 Å². The molecule has 0 aromatic heterocycles. The van der Waals surface area contributed by atoms with Crippen molar-refractivity contribution in [3.63, 3.8) is 0 Å². The summed E-state index contributed by atoms with van der Waals surface area (Å²) >= 11 is 6.46. The lowest BCUT2D eigenvalue weighted by Gasteiger charge is -2.23. The fourth-order valence-electron chi connectivity index (χ4n) is 2.78. The van der Waals surface area contributed by atoms with Crippen LogP contribution in [0.5, 0.6) is 0 Å². The molecule has 2 fully saturated rings. The van der Waals surface area contributed by atoms with Crippen molar-refractivity contribution in [1.82, 2.24) is 5.32 Å². The Labute approximate surface area is 121 Å². The lowest BCUT2D eigenvalue weighted by atomic mass is 9.93. The topological polar surface area (TPSA) is 15.3 Å². The number of benzene rings is 1. The predicted molar refractivity (Wildman–Crippen MR) is 81.9 cm³/mol. The summed E-state index contributed by atoms with van der Waals surface area (Å²) in [6.45, 7) is 7.82. The normalized spacial score (nSPS) is 21.9. The number of rotatable bonds is 4. The molecule has 1 saturated carbocycles. The minimum absolute atomic E-state index is 0.412. The van der Waals surface area contributed by atoms with E-state index in [4.69, 9.17) is 11.6 Å². The van der Waals surface area contributed by atoms with Gasteiger partial charge in [0.2, 0.25) is 0 Å². The van der Waals surface area contributed by atoms with Gasteiger partial charge in [0.25, 0.3) is 0 Å². The van der Waals surface area contributed by atoms with Crippen LogP contribution < -0.4 is 10.2 Å². The van der Waals surface area contributed by atoms with Crippen molar-refractivity contribution in [3.05, 3.63) is 28.8 Å². The Kier molecular flexibility index (Phi) is 3.48. The first kappa shape index (κ1) is 13.3. The van der Waals surface area contributed by atoms with E-state index in [-0.39, 0.29) is 0 Å². The summed E-state index contributed by atoms with van der Waals surface area (Å²) in [5.41, 5.74) is 2.90. The van der Waals surface area contributed by atoms with Gasteiger partial charge in [-0.1, -0.05) is 31.5 Å². The Morgan fingerprint density at radius 2 is 2.16 bits per heavy atom. The SMILES string of the molecule is CC1(C)CCN(c2ccc(CNC3CC3)cc2Cl)C1. The molecule has 0 spiro atoms. The van der Waals surface area contributed by atoms with Gasteiger partial charge >= 0.3 is 0 Å². The number of anilines is 1. The highest BCUT2D eigenvalue weighted by molar-refractivity contribution is 6.33.